The summed E-state index contributed by atoms with van der Waals surface area (Å²) in [5.41, 5.74) is 1.18. The molecule has 0 amide bonds. The maximum absolute atomic E-state index is 12.4. The molecule has 1 aliphatic heterocycles. The molecular formula is C14H22N2O2S. The fraction of sp³-hybridized carbons (Fsp3) is 0.571. The van der Waals surface area contributed by atoms with Crippen LogP contribution in [0.5, 0.6) is 0 Å². The first-order chi connectivity index (χ1) is 8.82. The molecule has 0 unspecified atom stereocenters. The molecule has 1 heterocycles. The zero-order valence-corrected chi connectivity index (χ0v) is 12.6. The first-order valence-electron chi connectivity index (χ1n) is 6.63. The number of sulfonamides is 1. The molecule has 0 saturated carbocycles. The lowest BCUT2D eigenvalue weighted by atomic mass is 9.87. The molecule has 1 aromatic carbocycles. The van der Waals surface area contributed by atoms with E-state index < -0.39 is 10.0 Å². The maximum atomic E-state index is 12.4. The third-order valence-electron chi connectivity index (χ3n) is 3.43. The van der Waals surface area contributed by atoms with Gasteiger partial charge in [0.25, 0.3) is 0 Å². The van der Waals surface area contributed by atoms with Crippen molar-refractivity contribution in [2.75, 3.05) is 26.2 Å². The second-order valence-electron chi connectivity index (χ2n) is 5.93. The van der Waals surface area contributed by atoms with E-state index in [0.29, 0.717) is 18.0 Å². The van der Waals surface area contributed by atoms with Gasteiger partial charge in [-0.2, -0.15) is 4.31 Å². The van der Waals surface area contributed by atoms with Crippen LogP contribution in [0.3, 0.4) is 0 Å². The summed E-state index contributed by atoms with van der Waals surface area (Å²) >= 11 is 0. The van der Waals surface area contributed by atoms with Crippen LogP contribution in [0.4, 0.5) is 0 Å². The maximum Gasteiger partial charge on any atom is 0.243 e. The highest BCUT2D eigenvalue weighted by molar-refractivity contribution is 7.89. The molecule has 0 atom stereocenters. The van der Waals surface area contributed by atoms with E-state index in [0.717, 1.165) is 18.7 Å². The zero-order valence-electron chi connectivity index (χ0n) is 11.8. The summed E-state index contributed by atoms with van der Waals surface area (Å²) in [7, 11) is -3.33. The molecule has 19 heavy (non-hydrogen) atoms. The van der Waals surface area contributed by atoms with Gasteiger partial charge in [-0.1, -0.05) is 32.9 Å². The summed E-state index contributed by atoms with van der Waals surface area (Å²) in [6.45, 7) is 8.89. The standard InChI is InChI=1S/C14H22N2O2S/c1-14(2,3)12-4-6-13(7-5-12)19(17,18)16-10-8-15-9-11-16/h4-7,15H,8-11H2,1-3H3. The van der Waals surface area contributed by atoms with E-state index in [1.165, 1.54) is 0 Å². The van der Waals surface area contributed by atoms with Crippen molar-refractivity contribution in [2.24, 2.45) is 0 Å². The molecule has 5 heteroatoms. The van der Waals surface area contributed by atoms with E-state index in [1.807, 2.05) is 12.1 Å². The van der Waals surface area contributed by atoms with Gasteiger partial charge in [-0.25, -0.2) is 8.42 Å². The number of nitrogens with one attached hydrogen (secondary N) is 1. The Bertz CT molecular complexity index is 524. The minimum absolute atomic E-state index is 0.0390. The summed E-state index contributed by atoms with van der Waals surface area (Å²) in [6.07, 6.45) is 0. The molecule has 0 aliphatic carbocycles. The first kappa shape index (κ1) is 14.5. The highest BCUT2D eigenvalue weighted by Crippen LogP contribution is 2.24. The number of hydrogen-bond acceptors (Lipinski definition) is 3. The topological polar surface area (TPSA) is 49.4 Å². The minimum atomic E-state index is -3.33. The van der Waals surface area contributed by atoms with Gasteiger partial charge < -0.3 is 5.32 Å². The Balaban J connectivity index is 2.26. The van der Waals surface area contributed by atoms with Crippen LogP contribution < -0.4 is 5.32 Å². The van der Waals surface area contributed by atoms with Crippen LogP contribution in [0.2, 0.25) is 0 Å². The number of piperazine rings is 1. The van der Waals surface area contributed by atoms with Gasteiger partial charge in [0.1, 0.15) is 0 Å². The van der Waals surface area contributed by atoms with Crippen LogP contribution in [-0.2, 0) is 15.4 Å². The van der Waals surface area contributed by atoms with Gasteiger partial charge in [-0.15, -0.1) is 0 Å². The average Bonchev–Trinajstić information content (AvgIpc) is 2.39. The highest BCUT2D eigenvalue weighted by atomic mass is 32.2. The zero-order chi connectivity index (χ0) is 14.1. The Morgan fingerprint density at radius 1 is 1.05 bits per heavy atom. The summed E-state index contributed by atoms with van der Waals surface area (Å²) in [4.78, 5) is 0.391. The van der Waals surface area contributed by atoms with Crippen molar-refractivity contribution in [3.05, 3.63) is 29.8 Å². The average molecular weight is 282 g/mol. The smallest absolute Gasteiger partial charge is 0.243 e. The van der Waals surface area contributed by atoms with Gasteiger partial charge in [0.05, 0.1) is 4.90 Å². The molecule has 0 spiro atoms. The van der Waals surface area contributed by atoms with E-state index >= 15 is 0 Å². The summed E-state index contributed by atoms with van der Waals surface area (Å²) in [6, 6.07) is 7.26. The monoisotopic (exact) mass is 282 g/mol. The minimum Gasteiger partial charge on any atom is -0.314 e. The molecule has 0 bridgehead atoms. The summed E-state index contributed by atoms with van der Waals surface area (Å²) in [5.74, 6) is 0. The molecule has 1 saturated heterocycles. The van der Waals surface area contributed by atoms with Crippen LogP contribution in [0.15, 0.2) is 29.2 Å². The fourth-order valence-electron chi connectivity index (χ4n) is 2.16. The van der Waals surface area contributed by atoms with Crippen LogP contribution in [0.1, 0.15) is 26.3 Å². The van der Waals surface area contributed by atoms with Gasteiger partial charge in [0.2, 0.25) is 10.0 Å². The molecule has 1 aromatic rings. The van der Waals surface area contributed by atoms with Crippen molar-refractivity contribution in [1.29, 1.82) is 0 Å². The highest BCUT2D eigenvalue weighted by Gasteiger charge is 2.26. The second-order valence-corrected chi connectivity index (χ2v) is 7.87. The third-order valence-corrected chi connectivity index (χ3v) is 5.35. The molecular weight excluding hydrogens is 260 g/mol. The number of benzene rings is 1. The Morgan fingerprint density at radius 2 is 1.58 bits per heavy atom. The Labute approximate surface area is 115 Å². The van der Waals surface area contributed by atoms with Crippen LogP contribution in [0, 0.1) is 0 Å². The van der Waals surface area contributed by atoms with E-state index in [9.17, 15) is 8.42 Å². The number of rotatable bonds is 2. The van der Waals surface area contributed by atoms with E-state index in [-0.39, 0.29) is 5.41 Å². The van der Waals surface area contributed by atoms with E-state index in [4.69, 9.17) is 0 Å². The van der Waals surface area contributed by atoms with Gasteiger partial charge in [-0.05, 0) is 23.1 Å². The van der Waals surface area contributed by atoms with Crippen molar-refractivity contribution in [3.63, 3.8) is 0 Å². The van der Waals surface area contributed by atoms with Crippen molar-refractivity contribution in [3.8, 4) is 0 Å². The van der Waals surface area contributed by atoms with E-state index in [2.05, 4.69) is 26.1 Å². The fourth-order valence-corrected chi connectivity index (χ4v) is 3.60. The van der Waals surface area contributed by atoms with Gasteiger partial charge in [0.15, 0.2) is 0 Å². The SMILES string of the molecule is CC(C)(C)c1ccc(S(=O)(=O)N2CCNCC2)cc1. The molecule has 1 N–H and O–H groups in total. The predicted octanol–water partition coefficient (Wildman–Crippen LogP) is 1.58. The molecule has 2 rings (SSSR count). The quantitative estimate of drug-likeness (QED) is 0.896. The second kappa shape index (κ2) is 5.23. The largest absolute Gasteiger partial charge is 0.314 e. The third kappa shape index (κ3) is 3.16. The predicted molar refractivity (Wildman–Crippen MR) is 76.8 cm³/mol. The normalized spacial score (nSPS) is 18.5. The van der Waals surface area contributed by atoms with E-state index in [1.54, 1.807) is 16.4 Å². The number of hydrogen-bond donors (Lipinski definition) is 1. The summed E-state index contributed by atoms with van der Waals surface area (Å²) < 4.78 is 26.4. The Morgan fingerprint density at radius 3 is 2.05 bits per heavy atom. The molecule has 106 valence electrons. The Kier molecular flexibility index (Phi) is 3.99. The Hall–Kier alpha value is -0.910. The molecule has 0 aromatic heterocycles. The molecule has 1 aliphatic rings. The molecule has 0 radical (unpaired) electrons. The van der Waals surface area contributed by atoms with Crippen LogP contribution in [0.25, 0.3) is 0 Å². The van der Waals surface area contributed by atoms with Crippen molar-refractivity contribution in [1.82, 2.24) is 9.62 Å². The lowest BCUT2D eigenvalue weighted by Crippen LogP contribution is -2.46. The molecule has 4 nitrogen and oxygen atoms in total. The van der Waals surface area contributed by atoms with Crippen LogP contribution >= 0.6 is 0 Å². The lowest BCUT2D eigenvalue weighted by molar-refractivity contribution is 0.360. The van der Waals surface area contributed by atoms with Crippen molar-refractivity contribution < 1.29 is 8.42 Å². The lowest BCUT2D eigenvalue weighted by Gasteiger charge is -2.27. The van der Waals surface area contributed by atoms with Crippen molar-refractivity contribution >= 4 is 10.0 Å². The summed E-state index contributed by atoms with van der Waals surface area (Å²) in [5, 5.41) is 3.16. The molecule has 1 fully saturated rings. The van der Waals surface area contributed by atoms with Gasteiger partial charge >= 0.3 is 0 Å². The first-order valence-corrected chi connectivity index (χ1v) is 8.07. The van der Waals surface area contributed by atoms with Crippen molar-refractivity contribution in [2.45, 2.75) is 31.1 Å². The van der Waals surface area contributed by atoms with Crippen LogP contribution in [-0.4, -0.2) is 38.9 Å². The number of nitrogens with zero attached hydrogens (tertiary/aromatic N) is 1. The van der Waals surface area contributed by atoms with Gasteiger partial charge in [-0.3, -0.25) is 0 Å². The van der Waals surface area contributed by atoms with Gasteiger partial charge in [0, 0.05) is 26.2 Å².